The molecule has 0 spiro atoms. The molecule has 0 aromatic carbocycles. The maximum absolute atomic E-state index is 5.72. The summed E-state index contributed by atoms with van der Waals surface area (Å²) in [4.78, 5) is 4.11. The molecule has 0 unspecified atom stereocenters. The van der Waals surface area contributed by atoms with Crippen LogP contribution < -0.4 is 5.73 Å². The molecule has 2 N–H and O–H groups in total. The lowest BCUT2D eigenvalue weighted by atomic mass is 10.2. The average molecular weight is 175 g/mol. The number of hydrogen-bond acceptors (Lipinski definition) is 4. The summed E-state index contributed by atoms with van der Waals surface area (Å²) in [5, 5.41) is 3.83. The monoisotopic (exact) mass is 175 g/mol. The van der Waals surface area contributed by atoms with E-state index >= 15 is 0 Å². The van der Waals surface area contributed by atoms with Crippen molar-refractivity contribution >= 4 is 5.69 Å². The lowest BCUT2D eigenvalue weighted by Crippen LogP contribution is -1.91. The highest BCUT2D eigenvalue weighted by atomic mass is 16.5. The second-order valence-electron chi connectivity index (χ2n) is 2.76. The smallest absolute Gasteiger partial charge is 0.134 e. The summed E-state index contributed by atoms with van der Waals surface area (Å²) in [5.41, 5.74) is 7.67. The zero-order chi connectivity index (χ0) is 9.26. The van der Waals surface area contributed by atoms with E-state index in [0.717, 1.165) is 5.76 Å². The second kappa shape index (κ2) is 2.90. The van der Waals surface area contributed by atoms with Crippen LogP contribution in [0.25, 0.3) is 11.4 Å². The summed E-state index contributed by atoms with van der Waals surface area (Å²) in [6.07, 6.45) is 1.68. The van der Waals surface area contributed by atoms with Gasteiger partial charge < -0.3 is 10.3 Å². The lowest BCUT2D eigenvalue weighted by Gasteiger charge is -1.97. The SMILES string of the molecule is Cc1cc(-c2ncccc2N)no1. The maximum Gasteiger partial charge on any atom is 0.134 e. The molecular formula is C9H9N3O. The fourth-order valence-corrected chi connectivity index (χ4v) is 1.11. The Morgan fingerprint density at radius 3 is 2.92 bits per heavy atom. The van der Waals surface area contributed by atoms with Gasteiger partial charge in [0.15, 0.2) is 0 Å². The van der Waals surface area contributed by atoms with E-state index in [4.69, 9.17) is 10.3 Å². The number of nitrogens with zero attached hydrogens (tertiary/aromatic N) is 2. The highest BCUT2D eigenvalue weighted by Gasteiger charge is 2.07. The zero-order valence-electron chi connectivity index (χ0n) is 7.19. The van der Waals surface area contributed by atoms with Crippen molar-refractivity contribution in [2.45, 2.75) is 6.92 Å². The summed E-state index contributed by atoms with van der Waals surface area (Å²) in [6.45, 7) is 1.83. The van der Waals surface area contributed by atoms with Crippen molar-refractivity contribution in [3.8, 4) is 11.4 Å². The first-order valence-corrected chi connectivity index (χ1v) is 3.91. The molecule has 0 atom stereocenters. The first-order chi connectivity index (χ1) is 6.27. The molecule has 0 fully saturated rings. The number of pyridine rings is 1. The molecular weight excluding hydrogens is 166 g/mol. The van der Waals surface area contributed by atoms with Gasteiger partial charge in [0.2, 0.25) is 0 Å². The highest BCUT2D eigenvalue weighted by molar-refractivity contribution is 5.68. The van der Waals surface area contributed by atoms with Gasteiger partial charge in [-0.15, -0.1) is 0 Å². The Bertz CT molecular complexity index is 422. The Labute approximate surface area is 75.4 Å². The predicted molar refractivity (Wildman–Crippen MR) is 48.9 cm³/mol. The molecule has 0 aliphatic heterocycles. The van der Waals surface area contributed by atoms with Gasteiger partial charge in [-0.1, -0.05) is 5.16 Å². The molecule has 0 aliphatic rings. The number of nitrogen functional groups attached to an aromatic ring is 1. The molecule has 0 saturated carbocycles. The molecule has 13 heavy (non-hydrogen) atoms. The van der Waals surface area contributed by atoms with Crippen LogP contribution in [0.2, 0.25) is 0 Å². The summed E-state index contributed by atoms with van der Waals surface area (Å²) in [6, 6.07) is 5.37. The number of hydrogen-bond donors (Lipinski definition) is 1. The summed E-state index contributed by atoms with van der Waals surface area (Å²) in [7, 11) is 0. The molecule has 0 aliphatic carbocycles. The third kappa shape index (κ3) is 1.38. The minimum absolute atomic E-state index is 0.607. The number of nitrogens with two attached hydrogens (primary N) is 1. The van der Waals surface area contributed by atoms with E-state index in [1.54, 1.807) is 24.4 Å². The normalized spacial score (nSPS) is 10.2. The molecule has 0 amide bonds. The van der Waals surface area contributed by atoms with Gasteiger partial charge in [-0.05, 0) is 19.1 Å². The Morgan fingerprint density at radius 2 is 2.31 bits per heavy atom. The number of aryl methyl sites for hydroxylation is 1. The van der Waals surface area contributed by atoms with Crippen LogP contribution in [0.5, 0.6) is 0 Å². The maximum atomic E-state index is 5.72. The van der Waals surface area contributed by atoms with E-state index in [0.29, 0.717) is 17.1 Å². The van der Waals surface area contributed by atoms with Gasteiger partial charge in [0.25, 0.3) is 0 Å². The van der Waals surface area contributed by atoms with Crippen LogP contribution in [0, 0.1) is 6.92 Å². The fourth-order valence-electron chi connectivity index (χ4n) is 1.11. The van der Waals surface area contributed by atoms with Gasteiger partial charge in [-0.2, -0.15) is 0 Å². The van der Waals surface area contributed by atoms with Gasteiger partial charge in [-0.3, -0.25) is 4.98 Å². The lowest BCUT2D eigenvalue weighted by molar-refractivity contribution is 0.399. The molecule has 66 valence electrons. The average Bonchev–Trinajstić information content (AvgIpc) is 2.53. The summed E-state index contributed by atoms with van der Waals surface area (Å²) >= 11 is 0. The standard InChI is InChI=1S/C9H9N3O/c1-6-5-8(12-13-6)9-7(10)3-2-4-11-9/h2-5H,10H2,1H3. The molecule has 0 radical (unpaired) electrons. The van der Waals surface area contributed by atoms with Crippen molar-refractivity contribution in [2.75, 3.05) is 5.73 Å². The predicted octanol–water partition coefficient (Wildman–Crippen LogP) is 1.63. The van der Waals surface area contributed by atoms with Crippen LogP contribution in [0.4, 0.5) is 5.69 Å². The van der Waals surface area contributed by atoms with E-state index in [2.05, 4.69) is 10.1 Å². The van der Waals surface area contributed by atoms with Crippen LogP contribution in [-0.2, 0) is 0 Å². The van der Waals surface area contributed by atoms with E-state index < -0.39 is 0 Å². The third-order valence-corrected chi connectivity index (χ3v) is 1.71. The Morgan fingerprint density at radius 1 is 1.46 bits per heavy atom. The largest absolute Gasteiger partial charge is 0.397 e. The molecule has 2 aromatic rings. The topological polar surface area (TPSA) is 64.9 Å². The number of aromatic nitrogens is 2. The third-order valence-electron chi connectivity index (χ3n) is 1.71. The van der Waals surface area contributed by atoms with E-state index in [-0.39, 0.29) is 0 Å². The van der Waals surface area contributed by atoms with Gasteiger partial charge >= 0.3 is 0 Å². The zero-order valence-corrected chi connectivity index (χ0v) is 7.19. The Hall–Kier alpha value is -1.84. The van der Waals surface area contributed by atoms with Gasteiger partial charge in [-0.25, -0.2) is 0 Å². The summed E-state index contributed by atoms with van der Waals surface area (Å²) in [5.74, 6) is 0.750. The molecule has 4 nitrogen and oxygen atoms in total. The second-order valence-corrected chi connectivity index (χ2v) is 2.76. The highest BCUT2D eigenvalue weighted by Crippen LogP contribution is 2.21. The van der Waals surface area contributed by atoms with Crippen LogP contribution in [0.3, 0.4) is 0 Å². The van der Waals surface area contributed by atoms with E-state index in [1.165, 1.54) is 0 Å². The number of rotatable bonds is 1. The summed E-state index contributed by atoms with van der Waals surface area (Å²) < 4.78 is 4.93. The Balaban J connectivity index is 2.52. The van der Waals surface area contributed by atoms with Crippen molar-refractivity contribution in [3.63, 3.8) is 0 Å². The van der Waals surface area contributed by atoms with Crippen molar-refractivity contribution in [1.29, 1.82) is 0 Å². The molecule has 0 bridgehead atoms. The molecule has 4 heteroatoms. The van der Waals surface area contributed by atoms with Crippen LogP contribution in [0.15, 0.2) is 28.9 Å². The first kappa shape index (κ1) is 7.79. The molecule has 0 saturated heterocycles. The van der Waals surface area contributed by atoms with Crippen molar-refractivity contribution in [3.05, 3.63) is 30.2 Å². The molecule has 2 heterocycles. The fraction of sp³-hybridized carbons (Fsp3) is 0.111. The molecule has 2 aromatic heterocycles. The van der Waals surface area contributed by atoms with Gasteiger partial charge in [0.05, 0.1) is 5.69 Å². The number of anilines is 1. The Kier molecular flexibility index (Phi) is 1.73. The van der Waals surface area contributed by atoms with Crippen molar-refractivity contribution < 1.29 is 4.52 Å². The minimum Gasteiger partial charge on any atom is -0.397 e. The first-order valence-electron chi connectivity index (χ1n) is 3.91. The van der Waals surface area contributed by atoms with Gasteiger partial charge in [0, 0.05) is 12.3 Å². The minimum atomic E-state index is 0.607. The van der Waals surface area contributed by atoms with E-state index in [9.17, 15) is 0 Å². The van der Waals surface area contributed by atoms with Crippen LogP contribution in [-0.4, -0.2) is 10.1 Å². The van der Waals surface area contributed by atoms with Gasteiger partial charge in [0.1, 0.15) is 17.1 Å². The van der Waals surface area contributed by atoms with Crippen molar-refractivity contribution in [1.82, 2.24) is 10.1 Å². The van der Waals surface area contributed by atoms with Crippen LogP contribution >= 0.6 is 0 Å². The van der Waals surface area contributed by atoms with Crippen LogP contribution in [0.1, 0.15) is 5.76 Å². The van der Waals surface area contributed by atoms with Crippen molar-refractivity contribution in [2.24, 2.45) is 0 Å². The quantitative estimate of drug-likeness (QED) is 0.715. The van der Waals surface area contributed by atoms with E-state index in [1.807, 2.05) is 6.92 Å². The molecule has 2 rings (SSSR count).